The van der Waals surface area contributed by atoms with Crippen molar-refractivity contribution in [3.8, 4) is 0 Å². The molecule has 31 heavy (non-hydrogen) atoms. The van der Waals surface area contributed by atoms with Crippen molar-refractivity contribution in [2.24, 2.45) is 5.92 Å². The molecule has 1 N–H and O–H groups in total. The molecule has 1 aromatic carbocycles. The highest BCUT2D eigenvalue weighted by atomic mass is 16.6. The second kappa shape index (κ2) is 8.99. The molecule has 168 valence electrons. The molecule has 2 fully saturated rings. The molecule has 4 rings (SSSR count). The molecule has 2 saturated heterocycles. The predicted molar refractivity (Wildman–Crippen MR) is 120 cm³/mol. The van der Waals surface area contributed by atoms with Crippen LogP contribution in [-0.4, -0.2) is 57.6 Å². The van der Waals surface area contributed by atoms with Gasteiger partial charge >= 0.3 is 6.09 Å². The number of para-hydroxylation sites is 2. The Balaban J connectivity index is 1.49. The first-order valence-electron chi connectivity index (χ1n) is 11.5. The highest BCUT2D eigenvalue weighted by Gasteiger charge is 2.33. The van der Waals surface area contributed by atoms with Gasteiger partial charge in [-0.2, -0.15) is 0 Å². The topological polar surface area (TPSA) is 76.5 Å². The third-order valence-electron chi connectivity index (χ3n) is 6.21. The lowest BCUT2D eigenvalue weighted by atomic mass is 9.92. The summed E-state index contributed by atoms with van der Waals surface area (Å²) in [5.41, 5.74) is 1.37. The Bertz CT molecular complexity index is 932. The first-order valence-corrected chi connectivity index (χ1v) is 11.5. The summed E-state index contributed by atoms with van der Waals surface area (Å²) in [5.74, 6) is 0.536. The maximum Gasteiger partial charge on any atom is 0.410 e. The van der Waals surface area contributed by atoms with Gasteiger partial charge in [0.25, 0.3) is 0 Å². The molecule has 0 aliphatic carbocycles. The standard InChI is InChI=1S/C24H34N4O3/c1-24(2,3)31-23(30)27-14-11-17(12-15-27)21(29)22-26-19-9-4-5-10-20(19)28(22)16-18-8-6-7-13-25-18/h4-5,9-10,17-18,25H,6-8,11-16H2,1-3H3. The fraction of sp³-hybridized carbons (Fsp3) is 0.625. The van der Waals surface area contributed by atoms with Crippen molar-refractivity contribution in [2.45, 2.75) is 71.1 Å². The molecule has 2 aromatic rings. The number of Topliss-reactive ketones (excluding diaryl/α,β-unsaturated/α-hetero) is 1. The predicted octanol–water partition coefficient (Wildman–Crippen LogP) is 4.01. The monoisotopic (exact) mass is 426 g/mol. The van der Waals surface area contributed by atoms with Crippen LogP contribution >= 0.6 is 0 Å². The molecule has 0 radical (unpaired) electrons. The van der Waals surface area contributed by atoms with Crippen molar-refractivity contribution in [3.63, 3.8) is 0 Å². The summed E-state index contributed by atoms with van der Waals surface area (Å²) in [4.78, 5) is 32.3. The van der Waals surface area contributed by atoms with E-state index < -0.39 is 5.60 Å². The van der Waals surface area contributed by atoms with E-state index in [0.717, 1.165) is 30.5 Å². The minimum Gasteiger partial charge on any atom is -0.444 e. The lowest BCUT2D eigenvalue weighted by Gasteiger charge is -2.33. The van der Waals surface area contributed by atoms with E-state index in [1.54, 1.807) is 4.90 Å². The maximum atomic E-state index is 13.5. The number of benzene rings is 1. The lowest BCUT2D eigenvalue weighted by molar-refractivity contribution is 0.0181. The van der Waals surface area contributed by atoms with Crippen LogP contribution in [-0.2, 0) is 11.3 Å². The Morgan fingerprint density at radius 1 is 1.13 bits per heavy atom. The first-order chi connectivity index (χ1) is 14.8. The number of hydrogen-bond donors (Lipinski definition) is 1. The fourth-order valence-corrected chi connectivity index (χ4v) is 4.58. The molecule has 1 amide bonds. The zero-order chi connectivity index (χ0) is 22.0. The highest BCUT2D eigenvalue weighted by molar-refractivity contribution is 5.98. The van der Waals surface area contributed by atoms with Crippen LogP contribution in [0.5, 0.6) is 0 Å². The molecule has 2 aliphatic heterocycles. The number of ether oxygens (including phenoxy) is 1. The van der Waals surface area contributed by atoms with Gasteiger partial charge in [0.1, 0.15) is 5.60 Å². The summed E-state index contributed by atoms with van der Waals surface area (Å²) in [7, 11) is 0. The Kier molecular flexibility index (Phi) is 6.32. The zero-order valence-corrected chi connectivity index (χ0v) is 18.9. The highest BCUT2D eigenvalue weighted by Crippen LogP contribution is 2.26. The molecular weight excluding hydrogens is 392 g/mol. The third kappa shape index (κ3) is 5.09. The van der Waals surface area contributed by atoms with Gasteiger partial charge in [-0.15, -0.1) is 0 Å². The van der Waals surface area contributed by atoms with Crippen LogP contribution in [0, 0.1) is 5.92 Å². The molecule has 7 nitrogen and oxygen atoms in total. The molecule has 3 heterocycles. The summed E-state index contributed by atoms with van der Waals surface area (Å²) >= 11 is 0. The summed E-state index contributed by atoms with van der Waals surface area (Å²) < 4.78 is 7.59. The largest absolute Gasteiger partial charge is 0.444 e. The average Bonchev–Trinajstić information content (AvgIpc) is 3.11. The van der Waals surface area contributed by atoms with E-state index in [0.29, 0.717) is 37.8 Å². The van der Waals surface area contributed by atoms with Gasteiger partial charge in [-0.1, -0.05) is 18.6 Å². The second-order valence-corrected chi connectivity index (χ2v) is 9.79. The molecule has 0 saturated carbocycles. The SMILES string of the molecule is CC(C)(C)OC(=O)N1CCC(C(=O)c2nc3ccccc3n2CC2CCCCN2)CC1. The smallest absolute Gasteiger partial charge is 0.410 e. The van der Waals surface area contributed by atoms with E-state index >= 15 is 0 Å². The Morgan fingerprint density at radius 3 is 2.55 bits per heavy atom. The van der Waals surface area contributed by atoms with Gasteiger partial charge in [0, 0.05) is 31.6 Å². The number of piperidine rings is 2. The molecule has 1 atom stereocenters. The number of carbonyl (C=O) groups excluding carboxylic acids is 2. The van der Waals surface area contributed by atoms with Crippen molar-refractivity contribution in [3.05, 3.63) is 30.1 Å². The Morgan fingerprint density at radius 2 is 1.87 bits per heavy atom. The van der Waals surface area contributed by atoms with E-state index in [1.807, 2.05) is 45.0 Å². The van der Waals surface area contributed by atoms with Crippen molar-refractivity contribution < 1.29 is 14.3 Å². The van der Waals surface area contributed by atoms with Gasteiger partial charge in [-0.05, 0) is 65.1 Å². The number of imidazole rings is 1. The van der Waals surface area contributed by atoms with E-state index in [1.165, 1.54) is 12.8 Å². The second-order valence-electron chi connectivity index (χ2n) is 9.79. The van der Waals surface area contributed by atoms with E-state index in [2.05, 4.69) is 9.88 Å². The quantitative estimate of drug-likeness (QED) is 0.748. The number of nitrogens with zero attached hydrogens (tertiary/aromatic N) is 3. The van der Waals surface area contributed by atoms with Gasteiger partial charge in [0.15, 0.2) is 5.82 Å². The molecule has 1 aromatic heterocycles. The van der Waals surface area contributed by atoms with Crippen LogP contribution in [0.2, 0.25) is 0 Å². The number of ketones is 1. The molecular formula is C24H34N4O3. The van der Waals surface area contributed by atoms with Gasteiger partial charge in [-0.25, -0.2) is 9.78 Å². The molecule has 0 bridgehead atoms. The first kappa shape index (κ1) is 21.8. The van der Waals surface area contributed by atoms with Gasteiger partial charge in [-0.3, -0.25) is 4.79 Å². The zero-order valence-electron chi connectivity index (χ0n) is 18.9. The van der Waals surface area contributed by atoms with Crippen molar-refractivity contribution in [2.75, 3.05) is 19.6 Å². The molecule has 1 unspecified atom stereocenters. The minimum atomic E-state index is -0.512. The Hall–Kier alpha value is -2.41. The van der Waals surface area contributed by atoms with E-state index in [9.17, 15) is 9.59 Å². The van der Waals surface area contributed by atoms with Crippen LogP contribution in [0.15, 0.2) is 24.3 Å². The Labute approximate surface area is 184 Å². The number of hydrogen-bond acceptors (Lipinski definition) is 5. The fourth-order valence-electron chi connectivity index (χ4n) is 4.58. The van der Waals surface area contributed by atoms with E-state index in [-0.39, 0.29) is 17.8 Å². The van der Waals surface area contributed by atoms with Crippen LogP contribution in [0.1, 0.15) is 63.5 Å². The number of rotatable bonds is 4. The average molecular weight is 427 g/mol. The number of amides is 1. The normalized spacial score (nSPS) is 20.7. The van der Waals surface area contributed by atoms with Crippen molar-refractivity contribution >= 4 is 22.9 Å². The molecule has 0 spiro atoms. The summed E-state index contributed by atoms with van der Waals surface area (Å²) in [6, 6.07) is 8.36. The summed E-state index contributed by atoms with van der Waals surface area (Å²) in [6.07, 6.45) is 4.54. The lowest BCUT2D eigenvalue weighted by Crippen LogP contribution is -2.43. The van der Waals surface area contributed by atoms with Crippen molar-refractivity contribution in [1.29, 1.82) is 0 Å². The molecule has 7 heteroatoms. The summed E-state index contributed by atoms with van der Waals surface area (Å²) in [5, 5.41) is 3.59. The van der Waals surface area contributed by atoms with Crippen molar-refractivity contribution in [1.82, 2.24) is 19.8 Å². The van der Waals surface area contributed by atoms with Crippen LogP contribution in [0.4, 0.5) is 4.79 Å². The number of aromatic nitrogens is 2. The minimum absolute atomic E-state index is 0.0934. The van der Waals surface area contributed by atoms with Crippen LogP contribution in [0.3, 0.4) is 0 Å². The number of likely N-dealkylation sites (tertiary alicyclic amines) is 1. The number of fused-ring (bicyclic) bond motifs is 1. The summed E-state index contributed by atoms with van der Waals surface area (Å²) in [6.45, 7) is 8.47. The van der Waals surface area contributed by atoms with E-state index in [4.69, 9.17) is 9.72 Å². The van der Waals surface area contributed by atoms with Gasteiger partial charge in [0.05, 0.1) is 11.0 Å². The number of carbonyl (C=O) groups is 2. The van der Waals surface area contributed by atoms with Crippen LogP contribution < -0.4 is 5.32 Å². The maximum absolute atomic E-state index is 13.5. The van der Waals surface area contributed by atoms with Crippen LogP contribution in [0.25, 0.3) is 11.0 Å². The molecule has 2 aliphatic rings. The van der Waals surface area contributed by atoms with Gasteiger partial charge in [0.2, 0.25) is 5.78 Å². The number of nitrogens with one attached hydrogen (secondary N) is 1. The van der Waals surface area contributed by atoms with Gasteiger partial charge < -0.3 is 19.5 Å². The third-order valence-corrected chi connectivity index (χ3v) is 6.21.